The molecule has 2 aliphatic rings. The second kappa shape index (κ2) is 6.04. The SMILES string of the molecule is CC(C)C(O)(C(=O)OCC1=CCN2CC[C@H](O)[C@@H]12)[C@H](C)O. The highest BCUT2D eigenvalue weighted by Crippen LogP contribution is 2.30. The fraction of sp³-hybridized carbons (Fsp3) is 0.800. The molecule has 0 aromatic carbocycles. The van der Waals surface area contributed by atoms with E-state index in [9.17, 15) is 20.1 Å². The minimum absolute atomic E-state index is 0.0405. The quantitative estimate of drug-likeness (QED) is 0.476. The van der Waals surface area contributed by atoms with E-state index in [0.29, 0.717) is 0 Å². The minimum Gasteiger partial charge on any atom is -0.459 e. The van der Waals surface area contributed by atoms with E-state index in [2.05, 4.69) is 4.90 Å². The average molecular weight is 299 g/mol. The van der Waals surface area contributed by atoms with Gasteiger partial charge in [0.15, 0.2) is 5.60 Å². The van der Waals surface area contributed by atoms with Crippen molar-refractivity contribution in [1.82, 2.24) is 4.90 Å². The number of aliphatic hydroxyl groups excluding tert-OH is 2. The molecule has 2 aliphatic heterocycles. The smallest absolute Gasteiger partial charge is 0.341 e. The molecular formula is C15H25NO5. The normalized spacial score (nSPS) is 30.0. The molecule has 0 aromatic heterocycles. The lowest BCUT2D eigenvalue weighted by Crippen LogP contribution is -2.53. The van der Waals surface area contributed by atoms with Crippen LogP contribution in [0.25, 0.3) is 0 Å². The van der Waals surface area contributed by atoms with Gasteiger partial charge in [-0.25, -0.2) is 4.79 Å². The molecule has 3 N–H and O–H groups in total. The van der Waals surface area contributed by atoms with Crippen molar-refractivity contribution in [3.8, 4) is 0 Å². The zero-order chi connectivity index (χ0) is 15.8. The fourth-order valence-electron chi connectivity index (χ4n) is 3.18. The number of ether oxygens (including phenoxy) is 1. The molecule has 1 fully saturated rings. The molecule has 2 rings (SSSR count). The van der Waals surface area contributed by atoms with Crippen LogP contribution < -0.4 is 0 Å². The fourth-order valence-corrected chi connectivity index (χ4v) is 3.18. The Morgan fingerprint density at radius 3 is 2.76 bits per heavy atom. The highest BCUT2D eigenvalue weighted by atomic mass is 16.6. The van der Waals surface area contributed by atoms with E-state index in [1.54, 1.807) is 13.8 Å². The van der Waals surface area contributed by atoms with Crippen molar-refractivity contribution < 1.29 is 24.9 Å². The average Bonchev–Trinajstić information content (AvgIpc) is 2.98. The molecular weight excluding hydrogens is 274 g/mol. The Morgan fingerprint density at radius 1 is 1.52 bits per heavy atom. The first kappa shape index (κ1) is 16.4. The van der Waals surface area contributed by atoms with Crippen molar-refractivity contribution in [1.29, 1.82) is 0 Å². The van der Waals surface area contributed by atoms with Gasteiger partial charge in [0.25, 0.3) is 0 Å². The zero-order valence-corrected chi connectivity index (χ0v) is 12.8. The van der Waals surface area contributed by atoms with E-state index in [1.807, 2.05) is 6.08 Å². The number of esters is 1. The van der Waals surface area contributed by atoms with Gasteiger partial charge in [-0.2, -0.15) is 0 Å². The Balaban J connectivity index is 1.98. The van der Waals surface area contributed by atoms with Crippen LogP contribution in [-0.2, 0) is 9.53 Å². The second-order valence-electron chi connectivity index (χ2n) is 6.31. The third-order valence-corrected chi connectivity index (χ3v) is 4.65. The van der Waals surface area contributed by atoms with Crippen LogP contribution in [0.3, 0.4) is 0 Å². The zero-order valence-electron chi connectivity index (χ0n) is 12.8. The molecule has 2 heterocycles. The van der Waals surface area contributed by atoms with Gasteiger partial charge in [0.2, 0.25) is 0 Å². The van der Waals surface area contributed by atoms with Gasteiger partial charge in [0.05, 0.1) is 18.2 Å². The van der Waals surface area contributed by atoms with Crippen LogP contribution in [0.4, 0.5) is 0 Å². The summed E-state index contributed by atoms with van der Waals surface area (Å²) in [5.74, 6) is -1.28. The monoisotopic (exact) mass is 299 g/mol. The minimum atomic E-state index is -1.91. The molecule has 1 saturated heterocycles. The van der Waals surface area contributed by atoms with E-state index >= 15 is 0 Å². The van der Waals surface area contributed by atoms with Crippen LogP contribution in [0.2, 0.25) is 0 Å². The molecule has 0 spiro atoms. The van der Waals surface area contributed by atoms with Gasteiger partial charge in [-0.05, 0) is 24.8 Å². The molecule has 21 heavy (non-hydrogen) atoms. The number of carbonyl (C=O) groups excluding carboxylic acids is 1. The summed E-state index contributed by atoms with van der Waals surface area (Å²) in [6.45, 7) is 6.32. The first-order valence-corrected chi connectivity index (χ1v) is 7.47. The number of hydrogen-bond donors (Lipinski definition) is 3. The van der Waals surface area contributed by atoms with Crippen molar-refractivity contribution in [2.24, 2.45) is 5.92 Å². The molecule has 0 radical (unpaired) electrons. The Bertz CT molecular complexity index is 424. The number of fused-ring (bicyclic) bond motifs is 1. The summed E-state index contributed by atoms with van der Waals surface area (Å²) < 4.78 is 5.22. The van der Waals surface area contributed by atoms with E-state index in [0.717, 1.165) is 25.1 Å². The molecule has 1 unspecified atom stereocenters. The first-order valence-electron chi connectivity index (χ1n) is 7.47. The van der Waals surface area contributed by atoms with E-state index in [4.69, 9.17) is 4.74 Å². The predicted octanol–water partition coefficient (Wildman–Crippen LogP) is -0.327. The molecule has 0 aliphatic carbocycles. The van der Waals surface area contributed by atoms with Crippen LogP contribution >= 0.6 is 0 Å². The Hall–Kier alpha value is -0.950. The van der Waals surface area contributed by atoms with E-state index in [1.165, 1.54) is 6.92 Å². The standard InChI is InChI=1S/C15H25NO5/c1-9(2)15(20,10(3)17)14(19)21-8-11-4-6-16-7-5-12(18)13(11)16/h4,9-10,12-13,17-18,20H,5-8H2,1-3H3/t10-,12-,13+,15?/m0/s1. The molecule has 0 saturated carbocycles. The number of nitrogens with zero attached hydrogens (tertiary/aromatic N) is 1. The van der Waals surface area contributed by atoms with Crippen molar-refractivity contribution in [3.63, 3.8) is 0 Å². The Kier molecular flexibility index (Phi) is 4.72. The number of hydrogen-bond acceptors (Lipinski definition) is 6. The third kappa shape index (κ3) is 2.85. The molecule has 6 nitrogen and oxygen atoms in total. The maximum Gasteiger partial charge on any atom is 0.341 e. The molecule has 0 bridgehead atoms. The largest absolute Gasteiger partial charge is 0.459 e. The van der Waals surface area contributed by atoms with Crippen molar-refractivity contribution in [2.75, 3.05) is 19.7 Å². The summed E-state index contributed by atoms with van der Waals surface area (Å²) in [7, 11) is 0. The molecule has 0 aromatic rings. The molecule has 120 valence electrons. The van der Waals surface area contributed by atoms with Gasteiger partial charge in [-0.1, -0.05) is 19.9 Å². The number of carbonyl (C=O) groups is 1. The third-order valence-electron chi connectivity index (χ3n) is 4.65. The molecule has 6 heteroatoms. The van der Waals surface area contributed by atoms with Crippen LogP contribution in [0.5, 0.6) is 0 Å². The van der Waals surface area contributed by atoms with Crippen LogP contribution in [0.1, 0.15) is 27.2 Å². The van der Waals surface area contributed by atoms with Crippen LogP contribution in [-0.4, -0.2) is 69.7 Å². The lowest BCUT2D eigenvalue weighted by molar-refractivity contribution is -0.183. The molecule has 0 amide bonds. The first-order chi connectivity index (χ1) is 9.78. The Morgan fingerprint density at radius 2 is 2.19 bits per heavy atom. The second-order valence-corrected chi connectivity index (χ2v) is 6.31. The van der Waals surface area contributed by atoms with Gasteiger partial charge in [0, 0.05) is 13.1 Å². The predicted molar refractivity (Wildman–Crippen MR) is 76.5 cm³/mol. The van der Waals surface area contributed by atoms with Crippen molar-refractivity contribution in [3.05, 3.63) is 11.6 Å². The Labute approximate surface area is 125 Å². The summed E-state index contributed by atoms with van der Waals surface area (Å²) in [4.78, 5) is 14.3. The number of aliphatic hydroxyl groups is 3. The van der Waals surface area contributed by atoms with Gasteiger partial charge >= 0.3 is 5.97 Å². The summed E-state index contributed by atoms with van der Waals surface area (Å²) in [6, 6.07) is -0.0866. The van der Waals surface area contributed by atoms with Crippen molar-refractivity contribution in [2.45, 2.75) is 51.0 Å². The highest BCUT2D eigenvalue weighted by Gasteiger charge is 2.46. The van der Waals surface area contributed by atoms with E-state index in [-0.39, 0.29) is 12.6 Å². The summed E-state index contributed by atoms with van der Waals surface area (Å²) in [5, 5.41) is 30.0. The summed E-state index contributed by atoms with van der Waals surface area (Å²) >= 11 is 0. The van der Waals surface area contributed by atoms with Gasteiger partial charge in [0.1, 0.15) is 6.61 Å². The lowest BCUT2D eigenvalue weighted by Gasteiger charge is -2.32. The van der Waals surface area contributed by atoms with E-state index < -0.39 is 29.7 Å². The lowest BCUT2D eigenvalue weighted by atomic mass is 9.85. The molecule has 4 atom stereocenters. The number of rotatable bonds is 5. The maximum atomic E-state index is 12.1. The maximum absolute atomic E-state index is 12.1. The summed E-state index contributed by atoms with van der Waals surface area (Å²) in [5.41, 5.74) is -1.04. The van der Waals surface area contributed by atoms with Gasteiger partial charge in [-0.3, -0.25) is 4.90 Å². The highest BCUT2D eigenvalue weighted by molar-refractivity contribution is 5.80. The topological polar surface area (TPSA) is 90.2 Å². The van der Waals surface area contributed by atoms with Crippen LogP contribution in [0, 0.1) is 5.92 Å². The van der Waals surface area contributed by atoms with Gasteiger partial charge in [-0.15, -0.1) is 0 Å². The summed E-state index contributed by atoms with van der Waals surface area (Å²) in [6.07, 6.45) is 1.03. The van der Waals surface area contributed by atoms with Gasteiger partial charge < -0.3 is 20.1 Å². The van der Waals surface area contributed by atoms with Crippen molar-refractivity contribution >= 4 is 5.97 Å². The van der Waals surface area contributed by atoms with Crippen LogP contribution in [0.15, 0.2) is 11.6 Å².